The first-order chi connectivity index (χ1) is 12.1. The lowest BCUT2D eigenvalue weighted by Crippen LogP contribution is -2.47. The average Bonchev–Trinajstić information content (AvgIpc) is 3.12. The summed E-state index contributed by atoms with van der Waals surface area (Å²) in [5.41, 5.74) is 2.92. The van der Waals surface area contributed by atoms with Crippen LogP contribution in [0.4, 0.5) is 10.5 Å². The van der Waals surface area contributed by atoms with Gasteiger partial charge in [-0.05, 0) is 37.5 Å². The highest BCUT2D eigenvalue weighted by molar-refractivity contribution is 5.94. The van der Waals surface area contributed by atoms with E-state index in [0.717, 1.165) is 23.2 Å². The third-order valence-electron chi connectivity index (χ3n) is 4.43. The summed E-state index contributed by atoms with van der Waals surface area (Å²) in [4.78, 5) is 26.6. The van der Waals surface area contributed by atoms with Crippen molar-refractivity contribution in [1.29, 1.82) is 0 Å². The molecule has 0 spiro atoms. The van der Waals surface area contributed by atoms with Crippen LogP contribution in [0.3, 0.4) is 0 Å². The van der Waals surface area contributed by atoms with Gasteiger partial charge in [-0.2, -0.15) is 0 Å². The number of likely N-dealkylation sites (tertiary alicyclic amines) is 1. The number of rotatable bonds is 4. The van der Waals surface area contributed by atoms with Gasteiger partial charge in [0, 0.05) is 18.8 Å². The smallest absolute Gasteiger partial charge is 0.322 e. The lowest BCUT2D eigenvalue weighted by molar-refractivity contribution is -0.124. The molecule has 0 radical (unpaired) electrons. The topological polar surface area (TPSA) is 61.4 Å². The van der Waals surface area contributed by atoms with E-state index >= 15 is 0 Å². The van der Waals surface area contributed by atoms with Gasteiger partial charge in [-0.15, -0.1) is 0 Å². The molecule has 3 rings (SSSR count). The first-order valence-corrected chi connectivity index (χ1v) is 8.59. The van der Waals surface area contributed by atoms with Crippen LogP contribution in [0, 0.1) is 6.92 Å². The fourth-order valence-electron chi connectivity index (χ4n) is 3.02. The molecular weight excluding hydrogens is 314 g/mol. The standard InChI is InChI=1S/C20H23N3O2/c1-15-9-11-17(12-10-15)22-20(25)23-13-5-8-18(23)19(24)21-14-16-6-3-2-4-7-16/h2-4,6-7,9-12,18H,5,8,13-14H2,1H3,(H,21,24)(H,22,25). The fraction of sp³-hybridized carbons (Fsp3) is 0.300. The van der Waals surface area contributed by atoms with Crippen molar-refractivity contribution in [3.63, 3.8) is 0 Å². The maximum Gasteiger partial charge on any atom is 0.322 e. The molecule has 130 valence electrons. The molecule has 1 heterocycles. The molecule has 0 aromatic heterocycles. The highest BCUT2D eigenvalue weighted by atomic mass is 16.2. The number of amides is 3. The molecule has 2 N–H and O–H groups in total. The fourth-order valence-corrected chi connectivity index (χ4v) is 3.02. The minimum atomic E-state index is -0.408. The summed E-state index contributed by atoms with van der Waals surface area (Å²) in [6.45, 7) is 3.07. The molecule has 3 amide bonds. The predicted octanol–water partition coefficient (Wildman–Crippen LogP) is 3.31. The zero-order chi connectivity index (χ0) is 17.6. The van der Waals surface area contributed by atoms with Crippen LogP contribution in [0.1, 0.15) is 24.0 Å². The quantitative estimate of drug-likeness (QED) is 0.899. The number of carbonyl (C=O) groups excluding carboxylic acids is 2. The normalized spacial score (nSPS) is 16.5. The Morgan fingerprint density at radius 3 is 2.52 bits per heavy atom. The van der Waals surface area contributed by atoms with E-state index in [2.05, 4.69) is 10.6 Å². The molecule has 5 nitrogen and oxygen atoms in total. The number of anilines is 1. The van der Waals surface area contributed by atoms with Gasteiger partial charge in [0.1, 0.15) is 6.04 Å². The second-order valence-corrected chi connectivity index (χ2v) is 6.35. The molecule has 1 saturated heterocycles. The van der Waals surface area contributed by atoms with Gasteiger partial charge in [-0.25, -0.2) is 4.79 Å². The van der Waals surface area contributed by atoms with Gasteiger partial charge in [-0.3, -0.25) is 4.79 Å². The third-order valence-corrected chi connectivity index (χ3v) is 4.43. The molecule has 0 bridgehead atoms. The summed E-state index contributed by atoms with van der Waals surface area (Å²) in [5, 5.41) is 5.81. The molecule has 1 fully saturated rings. The van der Waals surface area contributed by atoms with Gasteiger partial charge in [0.15, 0.2) is 0 Å². The SMILES string of the molecule is Cc1ccc(NC(=O)N2CCCC2C(=O)NCc2ccccc2)cc1. The van der Waals surface area contributed by atoms with Crippen molar-refractivity contribution in [2.45, 2.75) is 32.4 Å². The Hall–Kier alpha value is -2.82. The van der Waals surface area contributed by atoms with E-state index in [1.54, 1.807) is 4.90 Å². The van der Waals surface area contributed by atoms with E-state index in [0.29, 0.717) is 19.5 Å². The molecule has 2 aromatic rings. The molecule has 2 aromatic carbocycles. The minimum absolute atomic E-state index is 0.0968. The van der Waals surface area contributed by atoms with Crippen molar-refractivity contribution in [2.75, 3.05) is 11.9 Å². The third kappa shape index (κ3) is 4.38. The lowest BCUT2D eigenvalue weighted by atomic mass is 10.2. The Morgan fingerprint density at radius 2 is 1.80 bits per heavy atom. The van der Waals surface area contributed by atoms with Crippen LogP contribution >= 0.6 is 0 Å². The van der Waals surface area contributed by atoms with E-state index in [1.165, 1.54) is 0 Å². The van der Waals surface area contributed by atoms with Gasteiger partial charge in [-0.1, -0.05) is 48.0 Å². The van der Waals surface area contributed by atoms with Crippen molar-refractivity contribution in [3.05, 3.63) is 65.7 Å². The van der Waals surface area contributed by atoms with Crippen LogP contribution in [0.15, 0.2) is 54.6 Å². The van der Waals surface area contributed by atoms with Crippen molar-refractivity contribution >= 4 is 17.6 Å². The van der Waals surface area contributed by atoms with Crippen LogP contribution < -0.4 is 10.6 Å². The minimum Gasteiger partial charge on any atom is -0.350 e. The molecule has 1 aliphatic rings. The second kappa shape index (κ2) is 7.83. The summed E-state index contributed by atoms with van der Waals surface area (Å²) < 4.78 is 0. The van der Waals surface area contributed by atoms with E-state index in [-0.39, 0.29) is 11.9 Å². The predicted molar refractivity (Wildman–Crippen MR) is 98.2 cm³/mol. The van der Waals surface area contributed by atoms with Crippen LogP contribution in [0.5, 0.6) is 0 Å². The number of hydrogen-bond acceptors (Lipinski definition) is 2. The van der Waals surface area contributed by atoms with Gasteiger partial charge >= 0.3 is 6.03 Å². The number of carbonyl (C=O) groups is 2. The maximum atomic E-state index is 12.5. The van der Waals surface area contributed by atoms with Crippen LogP contribution in [-0.2, 0) is 11.3 Å². The molecule has 5 heteroatoms. The molecule has 0 saturated carbocycles. The molecule has 1 aliphatic heterocycles. The van der Waals surface area contributed by atoms with Crippen molar-refractivity contribution in [2.24, 2.45) is 0 Å². The summed E-state index contributed by atoms with van der Waals surface area (Å²) in [6.07, 6.45) is 1.53. The van der Waals surface area contributed by atoms with Crippen LogP contribution in [0.2, 0.25) is 0 Å². The van der Waals surface area contributed by atoms with Gasteiger partial charge in [0.2, 0.25) is 5.91 Å². The van der Waals surface area contributed by atoms with Crippen molar-refractivity contribution in [1.82, 2.24) is 10.2 Å². The summed E-state index contributed by atoms with van der Waals surface area (Å²) in [7, 11) is 0. The Labute approximate surface area is 148 Å². The second-order valence-electron chi connectivity index (χ2n) is 6.35. The number of urea groups is 1. The first-order valence-electron chi connectivity index (χ1n) is 8.59. The largest absolute Gasteiger partial charge is 0.350 e. The number of hydrogen-bond donors (Lipinski definition) is 2. The molecule has 0 aliphatic carbocycles. The first kappa shape index (κ1) is 17.0. The van der Waals surface area contributed by atoms with Gasteiger partial charge in [0.25, 0.3) is 0 Å². The Balaban J connectivity index is 1.58. The Kier molecular flexibility index (Phi) is 5.33. The highest BCUT2D eigenvalue weighted by Gasteiger charge is 2.33. The maximum absolute atomic E-state index is 12.5. The molecular formula is C20H23N3O2. The van der Waals surface area contributed by atoms with Crippen molar-refractivity contribution < 1.29 is 9.59 Å². The highest BCUT2D eigenvalue weighted by Crippen LogP contribution is 2.19. The van der Waals surface area contributed by atoms with E-state index < -0.39 is 6.04 Å². The number of nitrogens with one attached hydrogen (secondary N) is 2. The van der Waals surface area contributed by atoms with Gasteiger partial charge in [0.05, 0.1) is 0 Å². The summed E-state index contributed by atoms with van der Waals surface area (Å²) >= 11 is 0. The average molecular weight is 337 g/mol. The van der Waals surface area contributed by atoms with Crippen molar-refractivity contribution in [3.8, 4) is 0 Å². The Bertz CT molecular complexity index is 728. The molecule has 1 atom stereocenters. The van der Waals surface area contributed by atoms with Crippen LogP contribution in [-0.4, -0.2) is 29.4 Å². The lowest BCUT2D eigenvalue weighted by Gasteiger charge is -2.24. The summed E-state index contributed by atoms with van der Waals surface area (Å²) in [6, 6.07) is 16.8. The summed E-state index contributed by atoms with van der Waals surface area (Å²) in [5.74, 6) is -0.0968. The van der Waals surface area contributed by atoms with E-state index in [1.807, 2.05) is 61.5 Å². The van der Waals surface area contributed by atoms with Gasteiger partial charge < -0.3 is 15.5 Å². The monoisotopic (exact) mass is 337 g/mol. The van der Waals surface area contributed by atoms with E-state index in [9.17, 15) is 9.59 Å². The Morgan fingerprint density at radius 1 is 1.08 bits per heavy atom. The number of aryl methyl sites for hydroxylation is 1. The van der Waals surface area contributed by atoms with Crippen LogP contribution in [0.25, 0.3) is 0 Å². The van der Waals surface area contributed by atoms with E-state index in [4.69, 9.17) is 0 Å². The number of benzene rings is 2. The zero-order valence-corrected chi connectivity index (χ0v) is 14.4. The molecule has 1 unspecified atom stereocenters. The zero-order valence-electron chi connectivity index (χ0n) is 14.4. The number of nitrogens with zero attached hydrogens (tertiary/aromatic N) is 1. The molecule has 25 heavy (non-hydrogen) atoms.